The van der Waals surface area contributed by atoms with Crippen molar-refractivity contribution >= 4 is 0 Å². The Morgan fingerprint density at radius 3 is 2.96 bits per heavy atom. The maximum atomic E-state index is 10.1. The fraction of sp³-hybridized carbons (Fsp3) is 0.579. The number of methoxy groups -OCH3 is 1. The molecule has 3 aliphatic rings. The Morgan fingerprint density at radius 1 is 1.43 bits per heavy atom. The van der Waals surface area contributed by atoms with Gasteiger partial charge in [-0.05, 0) is 51.1 Å². The van der Waals surface area contributed by atoms with E-state index in [2.05, 4.69) is 37.9 Å². The van der Waals surface area contributed by atoms with Crippen molar-refractivity contribution in [2.75, 3.05) is 20.7 Å². The second-order valence-corrected chi connectivity index (χ2v) is 7.23. The first-order valence-electron chi connectivity index (χ1n) is 8.44. The molecule has 4 atom stereocenters. The Bertz CT molecular complexity index is 684. The van der Waals surface area contributed by atoms with Crippen LogP contribution in [0.5, 0.6) is 11.5 Å². The zero-order valence-electron chi connectivity index (χ0n) is 14.3. The molecule has 0 bridgehead atoms. The van der Waals surface area contributed by atoms with Gasteiger partial charge in [0.15, 0.2) is 11.5 Å². The van der Waals surface area contributed by atoms with Gasteiger partial charge in [0.05, 0.1) is 18.6 Å². The van der Waals surface area contributed by atoms with Gasteiger partial charge in [-0.1, -0.05) is 12.2 Å². The second kappa shape index (κ2) is 4.99. The van der Waals surface area contributed by atoms with Crippen molar-refractivity contribution in [3.63, 3.8) is 0 Å². The quantitative estimate of drug-likeness (QED) is 0.809. The van der Waals surface area contributed by atoms with Crippen molar-refractivity contribution in [2.24, 2.45) is 0 Å². The van der Waals surface area contributed by atoms with Gasteiger partial charge in [0.2, 0.25) is 0 Å². The summed E-state index contributed by atoms with van der Waals surface area (Å²) >= 11 is 0. The topological polar surface area (TPSA) is 41.9 Å². The molecule has 1 aromatic rings. The molecule has 2 heterocycles. The molecule has 4 nitrogen and oxygen atoms in total. The van der Waals surface area contributed by atoms with E-state index in [1.165, 1.54) is 16.7 Å². The van der Waals surface area contributed by atoms with Crippen LogP contribution < -0.4 is 9.47 Å². The highest BCUT2D eigenvalue weighted by Gasteiger charge is 2.53. The molecule has 4 heteroatoms. The van der Waals surface area contributed by atoms with Crippen LogP contribution in [0.25, 0.3) is 0 Å². The lowest BCUT2D eigenvalue weighted by molar-refractivity contribution is 0.0813. The van der Waals surface area contributed by atoms with E-state index < -0.39 is 6.10 Å². The van der Waals surface area contributed by atoms with Crippen LogP contribution in [-0.4, -0.2) is 42.9 Å². The maximum absolute atomic E-state index is 10.1. The summed E-state index contributed by atoms with van der Waals surface area (Å²) in [6, 6.07) is 2.44. The van der Waals surface area contributed by atoms with Crippen molar-refractivity contribution in [3.05, 3.63) is 34.9 Å². The number of ether oxygens (including phenoxy) is 2. The smallest absolute Gasteiger partial charge is 0.166 e. The van der Waals surface area contributed by atoms with Crippen molar-refractivity contribution < 1.29 is 14.6 Å². The average molecular weight is 315 g/mol. The summed E-state index contributed by atoms with van der Waals surface area (Å²) in [5, 5.41) is 10.1. The van der Waals surface area contributed by atoms with Crippen molar-refractivity contribution in [3.8, 4) is 11.5 Å². The van der Waals surface area contributed by atoms with E-state index in [4.69, 9.17) is 9.47 Å². The number of rotatable bonds is 1. The molecule has 23 heavy (non-hydrogen) atoms. The molecule has 2 aliphatic heterocycles. The van der Waals surface area contributed by atoms with Gasteiger partial charge in [-0.15, -0.1) is 0 Å². The van der Waals surface area contributed by atoms with Crippen LogP contribution in [0.3, 0.4) is 0 Å². The number of benzene rings is 1. The lowest BCUT2D eigenvalue weighted by Crippen LogP contribution is -2.42. The van der Waals surface area contributed by atoms with Crippen molar-refractivity contribution in [2.45, 2.75) is 50.4 Å². The summed E-state index contributed by atoms with van der Waals surface area (Å²) < 4.78 is 12.0. The van der Waals surface area contributed by atoms with Crippen LogP contribution in [0.15, 0.2) is 18.2 Å². The number of hydrogen-bond acceptors (Lipinski definition) is 4. The number of aliphatic hydroxyl groups is 1. The average Bonchev–Trinajstić information content (AvgIpc) is 2.80. The first kappa shape index (κ1) is 15.0. The van der Waals surface area contributed by atoms with Crippen LogP contribution in [0.4, 0.5) is 0 Å². The number of nitrogens with zero attached hydrogens (tertiary/aromatic N) is 1. The predicted molar refractivity (Wildman–Crippen MR) is 89.3 cm³/mol. The highest BCUT2D eigenvalue weighted by atomic mass is 16.5. The maximum Gasteiger partial charge on any atom is 0.166 e. The fourth-order valence-corrected chi connectivity index (χ4v) is 4.63. The summed E-state index contributed by atoms with van der Waals surface area (Å²) in [4.78, 5) is 2.41. The van der Waals surface area contributed by atoms with E-state index >= 15 is 0 Å². The SMILES string of the molecule is COc1cc(C)c2c3c1OC1C[C@@H](O)C=CC31CCN(C)C2C. The number of aryl methyl sites for hydroxylation is 1. The molecular weight excluding hydrogens is 290 g/mol. The molecule has 3 unspecified atom stereocenters. The normalized spacial score (nSPS) is 35.3. The van der Waals surface area contributed by atoms with Gasteiger partial charge in [-0.25, -0.2) is 0 Å². The van der Waals surface area contributed by atoms with Crippen molar-refractivity contribution in [1.29, 1.82) is 0 Å². The first-order valence-corrected chi connectivity index (χ1v) is 8.44. The summed E-state index contributed by atoms with van der Waals surface area (Å²) in [5.41, 5.74) is 3.77. The monoisotopic (exact) mass is 315 g/mol. The Labute approximate surface area is 137 Å². The minimum absolute atomic E-state index is 0.00866. The minimum Gasteiger partial charge on any atom is -0.493 e. The highest BCUT2D eigenvalue weighted by molar-refractivity contribution is 5.64. The molecule has 0 fully saturated rings. The van der Waals surface area contributed by atoms with E-state index in [-0.39, 0.29) is 11.5 Å². The molecule has 4 rings (SSSR count). The lowest BCUT2D eigenvalue weighted by atomic mass is 9.68. The van der Waals surface area contributed by atoms with Crippen LogP contribution in [0.2, 0.25) is 0 Å². The van der Waals surface area contributed by atoms with Crippen LogP contribution >= 0.6 is 0 Å². The van der Waals surface area contributed by atoms with Crippen LogP contribution in [0.1, 0.15) is 42.5 Å². The molecule has 0 amide bonds. The molecule has 0 aromatic heterocycles. The Hall–Kier alpha value is -1.52. The van der Waals surface area contributed by atoms with Gasteiger partial charge in [-0.2, -0.15) is 0 Å². The van der Waals surface area contributed by atoms with Gasteiger partial charge >= 0.3 is 0 Å². The Morgan fingerprint density at radius 2 is 2.22 bits per heavy atom. The van der Waals surface area contributed by atoms with Crippen molar-refractivity contribution in [1.82, 2.24) is 4.90 Å². The van der Waals surface area contributed by atoms with Gasteiger partial charge in [-0.3, -0.25) is 4.90 Å². The number of aliphatic hydroxyl groups excluding tert-OH is 1. The third-order valence-electron chi connectivity index (χ3n) is 6.04. The van der Waals surface area contributed by atoms with E-state index in [0.29, 0.717) is 12.5 Å². The Kier molecular flexibility index (Phi) is 3.26. The fourth-order valence-electron chi connectivity index (χ4n) is 4.63. The molecule has 1 aromatic carbocycles. The molecular formula is C19H25NO3. The summed E-state index contributed by atoms with van der Waals surface area (Å²) in [5.74, 6) is 1.70. The largest absolute Gasteiger partial charge is 0.493 e. The molecule has 0 saturated heterocycles. The van der Waals surface area contributed by atoms with E-state index in [9.17, 15) is 5.11 Å². The van der Waals surface area contributed by atoms with Gasteiger partial charge < -0.3 is 14.6 Å². The molecule has 1 N–H and O–H groups in total. The predicted octanol–water partition coefficient (Wildman–Crippen LogP) is 2.72. The lowest BCUT2D eigenvalue weighted by Gasteiger charge is -2.35. The standard InChI is InChI=1S/C19H25NO3/c1-11-9-14(22-4)18-17-16(11)12(2)20(3)8-7-19(17)6-5-13(21)10-15(19)23-18/h5-6,9,12-13,15,21H,7-8,10H2,1-4H3/t12?,13-,15?,19?/m0/s1. The van der Waals surface area contributed by atoms with E-state index in [1.807, 2.05) is 6.08 Å². The second-order valence-electron chi connectivity index (χ2n) is 7.23. The zero-order chi connectivity index (χ0) is 16.4. The van der Waals surface area contributed by atoms with Gasteiger partial charge in [0.1, 0.15) is 6.10 Å². The van der Waals surface area contributed by atoms with Crippen LogP contribution in [-0.2, 0) is 5.41 Å². The van der Waals surface area contributed by atoms with E-state index in [1.54, 1.807) is 7.11 Å². The molecule has 1 spiro atoms. The molecule has 1 aliphatic carbocycles. The highest BCUT2D eigenvalue weighted by Crippen LogP contribution is 2.57. The first-order chi connectivity index (χ1) is 11.0. The zero-order valence-corrected chi connectivity index (χ0v) is 14.3. The summed E-state index contributed by atoms with van der Waals surface area (Å²) in [6.07, 6.45) is 5.37. The van der Waals surface area contributed by atoms with Gasteiger partial charge in [0, 0.05) is 18.0 Å². The number of hydrogen-bond donors (Lipinski definition) is 1. The molecule has 124 valence electrons. The third kappa shape index (κ3) is 1.91. The van der Waals surface area contributed by atoms with E-state index in [0.717, 1.165) is 24.5 Å². The Balaban J connectivity index is 2.03. The minimum atomic E-state index is -0.422. The molecule has 0 radical (unpaired) electrons. The molecule has 0 saturated carbocycles. The van der Waals surface area contributed by atoms with Crippen LogP contribution in [0, 0.1) is 6.92 Å². The van der Waals surface area contributed by atoms with Gasteiger partial charge in [0.25, 0.3) is 0 Å². The summed E-state index contributed by atoms with van der Waals surface area (Å²) in [7, 11) is 3.89. The third-order valence-corrected chi connectivity index (χ3v) is 6.04. The summed E-state index contributed by atoms with van der Waals surface area (Å²) in [6.45, 7) is 5.44.